The Morgan fingerprint density at radius 2 is 1.57 bits per heavy atom. The third-order valence-corrected chi connectivity index (χ3v) is 2.82. The first-order valence-electron chi connectivity index (χ1n) is 7.47. The third kappa shape index (κ3) is 9.10. The smallest absolute Gasteiger partial charge is 0.230 e. The Kier molecular flexibility index (Phi) is 8.74. The fourth-order valence-electron chi connectivity index (χ4n) is 1.84. The van der Waals surface area contributed by atoms with Crippen LogP contribution in [0.5, 0.6) is 0 Å². The molecule has 0 radical (unpaired) electrons. The predicted octanol–water partition coefficient (Wildman–Crippen LogP) is 2.37. The normalized spacial score (nSPS) is 13.7. The van der Waals surface area contributed by atoms with E-state index in [1.807, 2.05) is 27.7 Å². The number of ketones is 2. The van der Waals surface area contributed by atoms with Crippen LogP contribution in [-0.4, -0.2) is 34.8 Å². The summed E-state index contributed by atoms with van der Waals surface area (Å²) in [7, 11) is 0. The van der Waals surface area contributed by atoms with Gasteiger partial charge >= 0.3 is 0 Å². The van der Waals surface area contributed by atoms with Crippen molar-refractivity contribution in [3.8, 4) is 0 Å². The topological polar surface area (TPSA) is 71.5 Å². The van der Waals surface area contributed by atoms with Gasteiger partial charge in [0.25, 0.3) is 0 Å². The van der Waals surface area contributed by atoms with Gasteiger partial charge in [0, 0.05) is 25.8 Å². The number of carbonyl (C=O) groups excluding carboxylic acids is 4. The van der Waals surface area contributed by atoms with Gasteiger partial charge < -0.3 is 0 Å². The van der Waals surface area contributed by atoms with Crippen LogP contribution >= 0.6 is 0 Å². The van der Waals surface area contributed by atoms with Crippen LogP contribution in [0.4, 0.5) is 0 Å². The minimum atomic E-state index is -0.0364. The average molecular weight is 297 g/mol. The number of Topliss-reactive ketones (excluding diaryl/α,β-unsaturated/α-hetero) is 2. The molecule has 0 spiro atoms. The molecule has 0 atom stereocenters. The summed E-state index contributed by atoms with van der Waals surface area (Å²) >= 11 is 0. The standard InChI is InChI=1S/C8H13NO2.C8H14O2/c1-6(2)5-8(11)9-4-3-7(9)10;1-6(2)4-8(10)5-7(3)9/h6H,3-5H2,1-2H3;6H,4-5H2,1-3H3. The van der Waals surface area contributed by atoms with E-state index < -0.39 is 0 Å². The first-order valence-corrected chi connectivity index (χ1v) is 7.47. The van der Waals surface area contributed by atoms with Crippen molar-refractivity contribution < 1.29 is 19.2 Å². The molecule has 0 unspecified atom stereocenters. The Labute approximate surface area is 127 Å². The molecule has 2 amide bonds. The number of imide groups is 1. The lowest BCUT2D eigenvalue weighted by Gasteiger charge is -2.28. The molecule has 21 heavy (non-hydrogen) atoms. The molecule has 1 saturated heterocycles. The SMILES string of the molecule is CC(=O)CC(=O)CC(C)C.CC(C)CC(=O)N1CCC1=O. The van der Waals surface area contributed by atoms with Crippen molar-refractivity contribution in [3.05, 3.63) is 0 Å². The first-order chi connectivity index (χ1) is 9.63. The summed E-state index contributed by atoms with van der Waals surface area (Å²) in [5, 5.41) is 0. The second-order valence-electron chi connectivity index (χ2n) is 6.30. The number of carbonyl (C=O) groups is 4. The van der Waals surface area contributed by atoms with E-state index in [2.05, 4.69) is 0 Å². The van der Waals surface area contributed by atoms with Gasteiger partial charge in [0.2, 0.25) is 11.8 Å². The van der Waals surface area contributed by atoms with Crippen molar-refractivity contribution in [1.82, 2.24) is 4.90 Å². The zero-order valence-electron chi connectivity index (χ0n) is 13.8. The highest BCUT2D eigenvalue weighted by Gasteiger charge is 2.29. The van der Waals surface area contributed by atoms with Crippen molar-refractivity contribution in [1.29, 1.82) is 0 Å². The van der Waals surface area contributed by atoms with E-state index in [1.165, 1.54) is 11.8 Å². The van der Waals surface area contributed by atoms with Gasteiger partial charge in [0.05, 0.1) is 6.42 Å². The minimum Gasteiger partial charge on any atom is -0.300 e. The maximum Gasteiger partial charge on any atom is 0.230 e. The lowest BCUT2D eigenvalue weighted by atomic mass is 10.0. The van der Waals surface area contributed by atoms with E-state index in [0.29, 0.717) is 37.6 Å². The molecule has 1 fully saturated rings. The second kappa shape index (κ2) is 9.42. The highest BCUT2D eigenvalue weighted by Crippen LogP contribution is 2.12. The van der Waals surface area contributed by atoms with Crippen molar-refractivity contribution in [2.24, 2.45) is 11.8 Å². The summed E-state index contributed by atoms with van der Waals surface area (Å²) < 4.78 is 0. The third-order valence-electron chi connectivity index (χ3n) is 2.82. The van der Waals surface area contributed by atoms with E-state index in [4.69, 9.17) is 0 Å². The van der Waals surface area contributed by atoms with E-state index in [-0.39, 0.29) is 29.8 Å². The molecule has 0 saturated carbocycles. The molecule has 0 aromatic carbocycles. The molecule has 0 bridgehead atoms. The van der Waals surface area contributed by atoms with Crippen molar-refractivity contribution in [2.45, 2.75) is 60.3 Å². The number of hydrogen-bond donors (Lipinski definition) is 0. The van der Waals surface area contributed by atoms with E-state index >= 15 is 0 Å². The van der Waals surface area contributed by atoms with Crippen LogP contribution in [0.25, 0.3) is 0 Å². The number of likely N-dealkylation sites (tertiary alicyclic amines) is 1. The summed E-state index contributed by atoms with van der Waals surface area (Å²) in [4.78, 5) is 44.5. The quantitative estimate of drug-likeness (QED) is 0.557. The van der Waals surface area contributed by atoms with E-state index in [0.717, 1.165) is 0 Å². The molecule has 1 heterocycles. The minimum absolute atomic E-state index is 0.0174. The zero-order chi connectivity index (χ0) is 16.6. The van der Waals surface area contributed by atoms with Crippen LogP contribution < -0.4 is 0 Å². The average Bonchev–Trinajstić information content (AvgIpc) is 2.24. The molecule has 5 heteroatoms. The number of β-lactam (4-membered cyclic amide) rings is 1. The van der Waals surface area contributed by atoms with Gasteiger partial charge in [0.15, 0.2) is 0 Å². The molecule has 1 aliphatic heterocycles. The fourth-order valence-corrected chi connectivity index (χ4v) is 1.84. The van der Waals surface area contributed by atoms with Crippen molar-refractivity contribution in [3.63, 3.8) is 0 Å². The van der Waals surface area contributed by atoms with Crippen LogP contribution in [0.2, 0.25) is 0 Å². The molecule has 120 valence electrons. The predicted molar refractivity (Wildman–Crippen MR) is 80.6 cm³/mol. The molecule has 0 N–H and O–H groups in total. The number of nitrogens with zero attached hydrogens (tertiary/aromatic N) is 1. The summed E-state index contributed by atoms with van der Waals surface area (Å²) in [6, 6.07) is 0. The Hall–Kier alpha value is -1.52. The van der Waals surface area contributed by atoms with Gasteiger partial charge in [-0.3, -0.25) is 24.1 Å². The monoisotopic (exact) mass is 297 g/mol. The van der Waals surface area contributed by atoms with E-state index in [1.54, 1.807) is 0 Å². The van der Waals surface area contributed by atoms with Gasteiger partial charge in [-0.1, -0.05) is 27.7 Å². The summed E-state index contributed by atoms with van der Waals surface area (Å²) in [6.07, 6.45) is 1.67. The zero-order valence-corrected chi connectivity index (χ0v) is 13.8. The van der Waals surface area contributed by atoms with Gasteiger partial charge in [-0.25, -0.2) is 0 Å². The molecule has 0 aromatic heterocycles. The first kappa shape index (κ1) is 19.5. The highest BCUT2D eigenvalue weighted by atomic mass is 16.2. The van der Waals surface area contributed by atoms with Gasteiger partial charge in [-0.2, -0.15) is 0 Å². The van der Waals surface area contributed by atoms with Gasteiger partial charge in [-0.05, 0) is 18.8 Å². The van der Waals surface area contributed by atoms with Crippen molar-refractivity contribution in [2.75, 3.05) is 6.54 Å². The van der Waals surface area contributed by atoms with Crippen LogP contribution in [0.15, 0.2) is 0 Å². The Morgan fingerprint density at radius 1 is 1.05 bits per heavy atom. The number of rotatable bonds is 6. The largest absolute Gasteiger partial charge is 0.300 e. The maximum absolute atomic E-state index is 11.2. The number of amides is 2. The second-order valence-corrected chi connectivity index (χ2v) is 6.30. The van der Waals surface area contributed by atoms with Gasteiger partial charge in [-0.15, -0.1) is 0 Å². The summed E-state index contributed by atoms with van der Waals surface area (Å²) in [6.45, 7) is 9.96. The molecular weight excluding hydrogens is 270 g/mol. The van der Waals surface area contributed by atoms with Crippen LogP contribution in [-0.2, 0) is 19.2 Å². The van der Waals surface area contributed by atoms with Gasteiger partial charge in [0.1, 0.15) is 11.6 Å². The molecule has 1 rings (SSSR count). The molecule has 0 aliphatic carbocycles. The maximum atomic E-state index is 11.2. The Morgan fingerprint density at radius 3 is 1.86 bits per heavy atom. The Bertz CT molecular complexity index is 399. The fraction of sp³-hybridized carbons (Fsp3) is 0.750. The number of hydrogen-bond acceptors (Lipinski definition) is 4. The van der Waals surface area contributed by atoms with Crippen LogP contribution in [0.1, 0.15) is 60.3 Å². The molecule has 5 nitrogen and oxygen atoms in total. The van der Waals surface area contributed by atoms with E-state index in [9.17, 15) is 19.2 Å². The summed E-state index contributed by atoms with van der Waals surface area (Å²) in [5.74, 6) is 0.697. The molecular formula is C16H27NO4. The molecule has 0 aromatic rings. The molecule has 1 aliphatic rings. The van der Waals surface area contributed by atoms with Crippen LogP contribution in [0.3, 0.4) is 0 Å². The van der Waals surface area contributed by atoms with Crippen molar-refractivity contribution >= 4 is 23.4 Å². The highest BCUT2D eigenvalue weighted by molar-refractivity contribution is 5.99. The van der Waals surface area contributed by atoms with Crippen LogP contribution in [0, 0.1) is 11.8 Å². The lowest BCUT2D eigenvalue weighted by Crippen LogP contribution is -2.47. The lowest BCUT2D eigenvalue weighted by molar-refractivity contribution is -0.152. The summed E-state index contributed by atoms with van der Waals surface area (Å²) in [5.41, 5.74) is 0. The Balaban J connectivity index is 0.000000384.